The molecule has 1 aromatic heterocycles. The van der Waals surface area contributed by atoms with Gasteiger partial charge in [0.05, 0.1) is 19.3 Å². The van der Waals surface area contributed by atoms with Crippen molar-refractivity contribution in [3.05, 3.63) is 23.9 Å². The molecule has 126 valence electrons. The van der Waals surface area contributed by atoms with Gasteiger partial charge < -0.3 is 19.7 Å². The van der Waals surface area contributed by atoms with E-state index in [0.717, 1.165) is 63.6 Å². The van der Waals surface area contributed by atoms with Gasteiger partial charge in [-0.2, -0.15) is 0 Å². The van der Waals surface area contributed by atoms with Crippen LogP contribution in [0.4, 0.5) is 5.82 Å². The first-order chi connectivity index (χ1) is 11.3. The Morgan fingerprint density at radius 2 is 2.22 bits per heavy atom. The van der Waals surface area contributed by atoms with Crippen LogP contribution in [0.5, 0.6) is 0 Å². The lowest BCUT2D eigenvalue weighted by atomic mass is 10.1. The number of pyridine rings is 1. The average Bonchev–Trinajstić information content (AvgIpc) is 3.13. The van der Waals surface area contributed by atoms with Crippen LogP contribution in [0, 0.1) is 0 Å². The Morgan fingerprint density at radius 1 is 1.35 bits per heavy atom. The lowest BCUT2D eigenvalue weighted by Crippen LogP contribution is -2.37. The van der Waals surface area contributed by atoms with Gasteiger partial charge in [-0.15, -0.1) is 0 Å². The fourth-order valence-electron chi connectivity index (χ4n) is 3.07. The highest BCUT2D eigenvalue weighted by Crippen LogP contribution is 2.19. The zero-order chi connectivity index (χ0) is 15.9. The number of nitrogens with zero attached hydrogens (tertiary/aromatic N) is 2. The van der Waals surface area contributed by atoms with Crippen LogP contribution < -0.4 is 10.2 Å². The minimum Gasteiger partial charge on any atom is -0.378 e. The molecule has 0 radical (unpaired) electrons. The van der Waals surface area contributed by atoms with E-state index in [1.54, 1.807) is 6.20 Å². The molecule has 1 amide bonds. The van der Waals surface area contributed by atoms with Gasteiger partial charge in [0.2, 0.25) is 5.91 Å². The molecule has 3 heterocycles. The third-order valence-electron chi connectivity index (χ3n) is 4.37. The summed E-state index contributed by atoms with van der Waals surface area (Å²) in [6.45, 7) is 4.50. The molecule has 3 rings (SSSR count). The summed E-state index contributed by atoms with van der Waals surface area (Å²) in [5.74, 6) is 1.03. The zero-order valence-corrected chi connectivity index (χ0v) is 13.5. The molecule has 0 aromatic carbocycles. The lowest BCUT2D eigenvalue weighted by molar-refractivity contribution is -0.121. The van der Waals surface area contributed by atoms with Crippen molar-refractivity contribution in [3.63, 3.8) is 0 Å². The summed E-state index contributed by atoms with van der Waals surface area (Å²) < 4.78 is 10.9. The highest BCUT2D eigenvalue weighted by molar-refractivity contribution is 5.76. The van der Waals surface area contributed by atoms with E-state index in [2.05, 4.69) is 15.2 Å². The minimum absolute atomic E-state index is 0.0808. The molecule has 6 nitrogen and oxygen atoms in total. The summed E-state index contributed by atoms with van der Waals surface area (Å²) >= 11 is 0. The molecule has 0 saturated carbocycles. The quantitative estimate of drug-likeness (QED) is 0.861. The Morgan fingerprint density at radius 3 is 3.00 bits per heavy atom. The zero-order valence-electron chi connectivity index (χ0n) is 13.5. The number of ether oxygens (including phenoxy) is 2. The average molecular weight is 319 g/mol. The normalized spacial score (nSPS) is 21.4. The van der Waals surface area contributed by atoms with E-state index < -0.39 is 0 Å². The molecule has 1 N–H and O–H groups in total. The fraction of sp³-hybridized carbons (Fsp3) is 0.647. The monoisotopic (exact) mass is 319 g/mol. The second kappa shape index (κ2) is 8.26. The second-order valence-corrected chi connectivity index (χ2v) is 6.04. The molecule has 2 fully saturated rings. The number of nitrogens with one attached hydrogen (secondary N) is 1. The number of hydrogen-bond donors (Lipinski definition) is 1. The van der Waals surface area contributed by atoms with Crippen LogP contribution in [0.1, 0.15) is 31.2 Å². The van der Waals surface area contributed by atoms with Gasteiger partial charge in [-0.25, -0.2) is 4.98 Å². The van der Waals surface area contributed by atoms with Crippen LogP contribution in [-0.2, 0) is 20.8 Å². The lowest BCUT2D eigenvalue weighted by Gasteiger charge is -2.29. The molecular weight excluding hydrogens is 294 g/mol. The third-order valence-corrected chi connectivity index (χ3v) is 4.37. The van der Waals surface area contributed by atoms with Crippen molar-refractivity contribution in [2.75, 3.05) is 37.8 Å². The van der Waals surface area contributed by atoms with E-state index in [-0.39, 0.29) is 12.0 Å². The first kappa shape index (κ1) is 16.2. The van der Waals surface area contributed by atoms with Crippen LogP contribution >= 0.6 is 0 Å². The van der Waals surface area contributed by atoms with Crippen LogP contribution in [0.3, 0.4) is 0 Å². The van der Waals surface area contributed by atoms with Gasteiger partial charge >= 0.3 is 0 Å². The smallest absolute Gasteiger partial charge is 0.220 e. The summed E-state index contributed by atoms with van der Waals surface area (Å²) in [6.07, 6.45) is 5.60. The predicted octanol–water partition coefficient (Wildman–Crippen LogP) is 1.49. The first-order valence-corrected chi connectivity index (χ1v) is 8.48. The van der Waals surface area contributed by atoms with Crippen LogP contribution in [0.15, 0.2) is 18.3 Å². The van der Waals surface area contributed by atoms with Crippen LogP contribution in [0.25, 0.3) is 0 Å². The number of carbonyl (C=O) groups excluding carboxylic acids is 1. The molecule has 2 aliphatic rings. The van der Waals surface area contributed by atoms with Gasteiger partial charge in [0, 0.05) is 44.4 Å². The maximum atomic E-state index is 12.0. The van der Waals surface area contributed by atoms with Crippen molar-refractivity contribution in [2.24, 2.45) is 0 Å². The van der Waals surface area contributed by atoms with Gasteiger partial charge in [0.25, 0.3) is 0 Å². The second-order valence-electron chi connectivity index (χ2n) is 6.04. The Balaban J connectivity index is 1.50. The number of carbonyl (C=O) groups is 1. The van der Waals surface area contributed by atoms with Crippen molar-refractivity contribution in [1.29, 1.82) is 0 Å². The number of morpholine rings is 1. The molecule has 1 aromatic rings. The predicted molar refractivity (Wildman–Crippen MR) is 87.3 cm³/mol. The van der Waals surface area contributed by atoms with E-state index in [1.165, 1.54) is 0 Å². The number of anilines is 1. The summed E-state index contributed by atoms with van der Waals surface area (Å²) in [4.78, 5) is 18.7. The summed E-state index contributed by atoms with van der Waals surface area (Å²) in [5.41, 5.74) is 1.06. The van der Waals surface area contributed by atoms with Gasteiger partial charge in [-0.3, -0.25) is 4.79 Å². The van der Waals surface area contributed by atoms with E-state index in [9.17, 15) is 4.79 Å². The molecule has 0 aliphatic carbocycles. The minimum atomic E-state index is 0.0808. The van der Waals surface area contributed by atoms with Crippen molar-refractivity contribution in [3.8, 4) is 0 Å². The fourth-order valence-corrected chi connectivity index (χ4v) is 3.07. The molecular formula is C17H25N3O3. The van der Waals surface area contributed by atoms with Crippen molar-refractivity contribution in [2.45, 2.75) is 38.3 Å². The number of aromatic nitrogens is 1. The summed E-state index contributed by atoms with van der Waals surface area (Å²) in [7, 11) is 0. The highest BCUT2D eigenvalue weighted by Gasteiger charge is 2.18. The van der Waals surface area contributed by atoms with E-state index in [4.69, 9.17) is 9.47 Å². The maximum Gasteiger partial charge on any atom is 0.220 e. The molecule has 1 atom stereocenters. The standard InChI is InChI=1S/C17H25N3O3/c21-16(6-5-15-4-2-10-23-15)19-13-14-3-1-7-18-17(14)20-8-11-22-12-9-20/h1,3,7,15H,2,4-6,8-13H2,(H,19,21). The Kier molecular flexibility index (Phi) is 5.82. The maximum absolute atomic E-state index is 12.0. The Bertz CT molecular complexity index is 512. The Labute approximate surface area is 137 Å². The Hall–Kier alpha value is -1.66. The summed E-state index contributed by atoms with van der Waals surface area (Å²) in [5, 5.41) is 3.01. The summed E-state index contributed by atoms with van der Waals surface area (Å²) in [6, 6.07) is 3.94. The third kappa shape index (κ3) is 4.65. The topological polar surface area (TPSA) is 63.7 Å². The van der Waals surface area contributed by atoms with Gasteiger partial charge in [0.15, 0.2) is 0 Å². The molecule has 2 aliphatic heterocycles. The molecule has 23 heavy (non-hydrogen) atoms. The number of amides is 1. The molecule has 6 heteroatoms. The molecule has 0 bridgehead atoms. The van der Waals surface area contributed by atoms with Crippen LogP contribution in [0.2, 0.25) is 0 Å². The van der Waals surface area contributed by atoms with E-state index in [0.29, 0.717) is 13.0 Å². The van der Waals surface area contributed by atoms with Gasteiger partial charge in [0.1, 0.15) is 5.82 Å². The van der Waals surface area contributed by atoms with Crippen molar-refractivity contribution < 1.29 is 14.3 Å². The van der Waals surface area contributed by atoms with Gasteiger partial charge in [-0.05, 0) is 25.3 Å². The van der Waals surface area contributed by atoms with Gasteiger partial charge in [-0.1, -0.05) is 6.07 Å². The van der Waals surface area contributed by atoms with Crippen molar-refractivity contribution in [1.82, 2.24) is 10.3 Å². The number of rotatable bonds is 6. The van der Waals surface area contributed by atoms with Crippen LogP contribution in [-0.4, -0.2) is 49.9 Å². The van der Waals surface area contributed by atoms with Crippen molar-refractivity contribution >= 4 is 11.7 Å². The SMILES string of the molecule is O=C(CCC1CCCO1)NCc1cccnc1N1CCOCC1. The van der Waals surface area contributed by atoms with E-state index >= 15 is 0 Å². The first-order valence-electron chi connectivity index (χ1n) is 8.48. The largest absolute Gasteiger partial charge is 0.378 e. The highest BCUT2D eigenvalue weighted by atomic mass is 16.5. The molecule has 2 saturated heterocycles. The molecule has 1 unspecified atom stereocenters. The van der Waals surface area contributed by atoms with E-state index in [1.807, 2.05) is 12.1 Å². The molecule has 0 spiro atoms. The number of hydrogen-bond acceptors (Lipinski definition) is 5.